The molecule has 0 aliphatic carbocycles. The van der Waals surface area contributed by atoms with Gasteiger partial charge in [-0.25, -0.2) is 0 Å². The second kappa shape index (κ2) is 9.79. The monoisotopic (exact) mass is 454 g/mol. The van der Waals surface area contributed by atoms with E-state index in [1.165, 1.54) is 0 Å². The molecule has 0 N–H and O–H groups in total. The lowest BCUT2D eigenvalue weighted by molar-refractivity contribution is -0.155. The maximum absolute atomic E-state index is 12.2. The van der Waals surface area contributed by atoms with E-state index in [0.717, 1.165) is 6.42 Å². The summed E-state index contributed by atoms with van der Waals surface area (Å²) in [6, 6.07) is 0. The van der Waals surface area contributed by atoms with Crippen LogP contribution >= 0.6 is 0 Å². The average molecular weight is 455 g/mol. The minimum atomic E-state index is -3.33. The number of esters is 1. The number of hydrogen-bond donors (Lipinski definition) is 0. The van der Waals surface area contributed by atoms with Gasteiger partial charge in [0.1, 0.15) is 6.61 Å². The fourth-order valence-electron chi connectivity index (χ4n) is 1.92. The number of ether oxygens (including phenoxy) is 1. The summed E-state index contributed by atoms with van der Waals surface area (Å²) in [5, 5.41) is 0. The first-order valence-corrected chi connectivity index (χ1v) is 21.6. The normalized spacial score (nSPS) is 14.4. The average Bonchev–Trinajstić information content (AvgIpc) is 2.37. The first-order chi connectivity index (χ1) is 11.8. The molecule has 0 spiro atoms. The van der Waals surface area contributed by atoms with Crippen molar-refractivity contribution in [1.82, 2.24) is 0 Å². The van der Waals surface area contributed by atoms with E-state index in [2.05, 4.69) is 58.9 Å². The highest BCUT2D eigenvalue weighted by molar-refractivity contribution is 6.87. The van der Waals surface area contributed by atoms with E-state index in [1.54, 1.807) is 0 Å². The maximum Gasteiger partial charge on any atom is 0.647 e. The summed E-state index contributed by atoms with van der Waals surface area (Å²) in [4.78, 5) is 12.2. The predicted octanol–water partition coefficient (Wildman–Crippen LogP) is 4.97. The van der Waals surface area contributed by atoms with E-state index in [0.29, 0.717) is 0 Å². The van der Waals surface area contributed by atoms with Crippen molar-refractivity contribution in [1.29, 1.82) is 0 Å². The molecule has 0 aliphatic rings. The van der Waals surface area contributed by atoms with Crippen molar-refractivity contribution in [2.24, 2.45) is 5.41 Å². The molecule has 27 heavy (non-hydrogen) atoms. The van der Waals surface area contributed by atoms with Crippen LogP contribution in [-0.4, -0.2) is 53.2 Å². The molecule has 10 heteroatoms. The first kappa shape index (κ1) is 27.2. The Bertz CT molecular complexity index is 436. The third kappa shape index (κ3) is 12.4. The molecule has 0 fully saturated rings. The lowest BCUT2D eigenvalue weighted by Crippen LogP contribution is -2.62. The second-order valence-corrected chi connectivity index (χ2v) is 26.8. The van der Waals surface area contributed by atoms with Gasteiger partial charge in [-0.3, -0.25) is 4.79 Å². The highest BCUT2D eigenvalue weighted by Crippen LogP contribution is 2.27. The Labute approximate surface area is 171 Å². The number of carbonyl (C=O) groups is 1. The zero-order valence-electron chi connectivity index (χ0n) is 19.6. The third-order valence-corrected chi connectivity index (χ3v) is 14.2. The van der Waals surface area contributed by atoms with Crippen LogP contribution in [0.25, 0.3) is 0 Å². The van der Waals surface area contributed by atoms with E-state index in [-0.39, 0.29) is 19.2 Å². The van der Waals surface area contributed by atoms with Gasteiger partial charge in [-0.05, 0) is 79.2 Å². The molecule has 6 nitrogen and oxygen atoms in total. The second-order valence-electron chi connectivity index (χ2n) is 10.4. The van der Waals surface area contributed by atoms with Crippen LogP contribution in [0.2, 0.25) is 58.9 Å². The summed E-state index contributed by atoms with van der Waals surface area (Å²) in [6.07, 6.45) is 0.724. The van der Waals surface area contributed by atoms with Crippen molar-refractivity contribution in [2.45, 2.75) is 86.1 Å². The van der Waals surface area contributed by atoms with Crippen LogP contribution in [-0.2, 0) is 26.3 Å². The summed E-state index contributed by atoms with van der Waals surface area (Å²) in [5.74, 6) is -0.218. The molecule has 0 aromatic heterocycles. The van der Waals surface area contributed by atoms with E-state index in [1.807, 2.05) is 20.8 Å². The van der Waals surface area contributed by atoms with E-state index in [4.69, 9.17) is 21.5 Å². The molecule has 0 heterocycles. The Morgan fingerprint density at radius 3 is 1.41 bits per heavy atom. The van der Waals surface area contributed by atoms with Gasteiger partial charge in [-0.1, -0.05) is 6.92 Å². The van der Waals surface area contributed by atoms with Crippen molar-refractivity contribution >= 4 is 40.0 Å². The van der Waals surface area contributed by atoms with Crippen LogP contribution < -0.4 is 0 Å². The van der Waals surface area contributed by atoms with Crippen LogP contribution in [0.1, 0.15) is 27.2 Å². The first-order valence-electron chi connectivity index (χ1n) is 9.73. The fourth-order valence-corrected chi connectivity index (χ4v) is 13.6. The zero-order chi connectivity index (χ0) is 21.7. The number of rotatable bonds is 12. The van der Waals surface area contributed by atoms with E-state index in [9.17, 15) is 4.79 Å². The minimum absolute atomic E-state index is 0.163. The molecule has 0 unspecified atom stereocenters. The Balaban J connectivity index is 5.29. The Hall–Kier alpha value is 0.178. The zero-order valence-corrected chi connectivity index (χ0v) is 23.6. The van der Waals surface area contributed by atoms with Gasteiger partial charge in [-0.15, -0.1) is 0 Å². The summed E-state index contributed by atoms with van der Waals surface area (Å²) < 4.78 is 30.8. The summed E-state index contributed by atoms with van der Waals surface area (Å²) >= 11 is 0. The quantitative estimate of drug-likeness (QED) is 0.235. The highest BCUT2D eigenvalue weighted by Gasteiger charge is 2.53. The lowest BCUT2D eigenvalue weighted by Gasteiger charge is -2.40. The van der Waals surface area contributed by atoms with E-state index < -0.39 is 39.4 Å². The molecule has 0 radical (unpaired) electrons. The minimum Gasteiger partial charge on any atom is -0.463 e. The Morgan fingerprint density at radius 1 is 0.741 bits per heavy atom. The summed E-state index contributed by atoms with van der Waals surface area (Å²) in [6.45, 7) is 25.0. The maximum atomic E-state index is 12.2. The van der Waals surface area contributed by atoms with E-state index >= 15 is 0 Å². The van der Waals surface area contributed by atoms with Crippen molar-refractivity contribution in [3.8, 4) is 0 Å². The van der Waals surface area contributed by atoms with Crippen LogP contribution in [0.15, 0.2) is 0 Å². The number of hydrogen-bond acceptors (Lipinski definition) is 6. The van der Waals surface area contributed by atoms with Crippen LogP contribution in [0.3, 0.4) is 0 Å². The fraction of sp³-hybridized carbons (Fsp3) is 0.941. The third-order valence-electron chi connectivity index (χ3n) is 3.33. The molecule has 0 saturated heterocycles. The molecule has 0 aromatic carbocycles. The van der Waals surface area contributed by atoms with Gasteiger partial charge < -0.3 is 21.5 Å². The van der Waals surface area contributed by atoms with Gasteiger partial charge in [0.05, 0.1) is 12.0 Å². The molecule has 0 amide bonds. The van der Waals surface area contributed by atoms with Gasteiger partial charge in [0.25, 0.3) is 0 Å². The largest absolute Gasteiger partial charge is 0.647 e. The van der Waals surface area contributed by atoms with Crippen molar-refractivity contribution in [2.75, 3.05) is 13.2 Å². The van der Waals surface area contributed by atoms with Gasteiger partial charge in [0.2, 0.25) is 0 Å². The van der Waals surface area contributed by atoms with Gasteiger partial charge in [0.15, 0.2) is 25.0 Å². The van der Waals surface area contributed by atoms with Crippen molar-refractivity contribution in [3.63, 3.8) is 0 Å². The molecule has 0 bridgehead atoms. The molecule has 0 aliphatic heterocycles. The summed E-state index contributed by atoms with van der Waals surface area (Å²) in [7, 11) is -9.29. The standard InChI is InChI=1S/C17H42O6Si4/c1-13-17(2,3)16(18)19-14-15-20-27(21-24(4,5)6,22-25(7,8)9)23-26(10,11)12/h13-15H2,1-12H3. The molecule has 0 rings (SSSR count). The van der Waals surface area contributed by atoms with Gasteiger partial charge in [-0.2, -0.15) is 0 Å². The number of carbonyl (C=O) groups excluding carboxylic acids is 1. The molecule has 162 valence electrons. The highest BCUT2D eigenvalue weighted by atomic mass is 28.5. The van der Waals surface area contributed by atoms with Crippen LogP contribution in [0.5, 0.6) is 0 Å². The Morgan fingerprint density at radius 2 is 1.11 bits per heavy atom. The van der Waals surface area contributed by atoms with Crippen molar-refractivity contribution in [3.05, 3.63) is 0 Å². The van der Waals surface area contributed by atoms with Crippen LogP contribution in [0, 0.1) is 5.41 Å². The van der Waals surface area contributed by atoms with Crippen molar-refractivity contribution < 1.29 is 26.3 Å². The topological polar surface area (TPSA) is 63.2 Å². The SMILES string of the molecule is CCC(C)(C)C(=O)OCCO[Si](O[Si](C)(C)C)(O[Si](C)(C)C)O[Si](C)(C)C. The molecule has 0 saturated carbocycles. The van der Waals surface area contributed by atoms with Gasteiger partial charge in [0, 0.05) is 0 Å². The smallest absolute Gasteiger partial charge is 0.463 e. The lowest BCUT2D eigenvalue weighted by atomic mass is 9.91. The molecule has 0 aromatic rings. The molecular weight excluding hydrogens is 413 g/mol. The Kier molecular flexibility index (Phi) is 9.85. The summed E-state index contributed by atoms with van der Waals surface area (Å²) in [5.41, 5.74) is -0.493. The molecule has 0 atom stereocenters. The molecular formula is C17H42O6Si4. The predicted molar refractivity (Wildman–Crippen MR) is 120 cm³/mol. The van der Waals surface area contributed by atoms with Crippen LogP contribution in [0.4, 0.5) is 0 Å². The van der Waals surface area contributed by atoms with Gasteiger partial charge >= 0.3 is 15.0 Å².